The van der Waals surface area contributed by atoms with E-state index in [1.165, 1.54) is 7.11 Å². The third kappa shape index (κ3) is 4.87. The molecule has 0 aliphatic heterocycles. The van der Waals surface area contributed by atoms with Gasteiger partial charge in [-0.3, -0.25) is 4.57 Å². The van der Waals surface area contributed by atoms with Gasteiger partial charge in [0.1, 0.15) is 23.6 Å². The number of esters is 1. The topological polar surface area (TPSA) is 80.4 Å². The van der Waals surface area contributed by atoms with Gasteiger partial charge in [-0.2, -0.15) is 0 Å². The molecule has 35 heavy (non-hydrogen) atoms. The van der Waals surface area contributed by atoms with Gasteiger partial charge in [-0.05, 0) is 42.5 Å². The summed E-state index contributed by atoms with van der Waals surface area (Å²) in [5.41, 5.74) is 4.26. The Bertz CT molecular complexity index is 1410. The Kier molecular flexibility index (Phi) is 6.82. The minimum atomic E-state index is -1.22. The Labute approximate surface area is 206 Å². The fraction of sp³-hybridized carbons (Fsp3) is 0.346. The van der Waals surface area contributed by atoms with E-state index in [9.17, 15) is 4.79 Å². The van der Waals surface area contributed by atoms with E-state index in [-0.39, 0.29) is 0 Å². The van der Waals surface area contributed by atoms with Crippen LogP contribution < -0.4 is 4.74 Å². The first-order chi connectivity index (χ1) is 16.7. The first kappa shape index (κ1) is 24.7. The van der Waals surface area contributed by atoms with E-state index in [1.54, 1.807) is 25.3 Å². The molecule has 8 nitrogen and oxygen atoms in total. The molecular weight excluding hydrogens is 460 g/mol. The van der Waals surface area contributed by atoms with Crippen molar-refractivity contribution in [3.8, 4) is 17.3 Å². The van der Waals surface area contributed by atoms with Crippen molar-refractivity contribution >= 4 is 42.2 Å². The SMILES string of the molecule is C=Cc1ccc2cc(-c3nc4cc(C(=O)OC)cc(OC)c4n3C)n(COCC[Si](C)(C)C)c2n1. The molecule has 1 aromatic carbocycles. The number of hydrogen-bond donors (Lipinski definition) is 0. The summed E-state index contributed by atoms with van der Waals surface area (Å²) in [6, 6.07) is 10.5. The summed E-state index contributed by atoms with van der Waals surface area (Å²) < 4.78 is 20.6. The van der Waals surface area contributed by atoms with Crippen LogP contribution >= 0.6 is 0 Å². The van der Waals surface area contributed by atoms with Crippen LogP contribution in [0.5, 0.6) is 5.75 Å². The van der Waals surface area contributed by atoms with Crippen LogP contribution in [0, 0.1) is 0 Å². The van der Waals surface area contributed by atoms with E-state index in [2.05, 4.69) is 32.3 Å². The minimum Gasteiger partial charge on any atom is -0.494 e. The van der Waals surface area contributed by atoms with Crippen molar-refractivity contribution in [2.24, 2.45) is 7.05 Å². The van der Waals surface area contributed by atoms with Gasteiger partial charge in [-0.15, -0.1) is 0 Å². The second-order valence-electron chi connectivity index (χ2n) is 9.69. The number of carbonyl (C=O) groups excluding carboxylic acids is 1. The van der Waals surface area contributed by atoms with Crippen LogP contribution in [0.1, 0.15) is 16.1 Å². The smallest absolute Gasteiger partial charge is 0.338 e. The molecule has 9 heteroatoms. The Morgan fingerprint density at radius 1 is 1.14 bits per heavy atom. The Morgan fingerprint density at radius 3 is 2.57 bits per heavy atom. The molecule has 0 fully saturated rings. The number of hydrogen-bond acceptors (Lipinski definition) is 6. The number of imidazole rings is 1. The Hall–Kier alpha value is -3.43. The maximum Gasteiger partial charge on any atom is 0.338 e. The van der Waals surface area contributed by atoms with Crippen molar-refractivity contribution in [1.82, 2.24) is 19.1 Å². The molecule has 184 valence electrons. The van der Waals surface area contributed by atoms with Crippen molar-refractivity contribution in [2.75, 3.05) is 20.8 Å². The van der Waals surface area contributed by atoms with E-state index < -0.39 is 14.0 Å². The van der Waals surface area contributed by atoms with Crippen LogP contribution in [0.3, 0.4) is 0 Å². The number of carbonyl (C=O) groups is 1. The second-order valence-corrected chi connectivity index (χ2v) is 15.3. The third-order valence-corrected chi connectivity index (χ3v) is 7.70. The molecule has 0 atom stereocenters. The van der Waals surface area contributed by atoms with Crippen molar-refractivity contribution in [3.63, 3.8) is 0 Å². The van der Waals surface area contributed by atoms with E-state index in [0.717, 1.165) is 34.0 Å². The molecule has 0 saturated carbocycles. The van der Waals surface area contributed by atoms with Crippen molar-refractivity contribution in [1.29, 1.82) is 0 Å². The highest BCUT2D eigenvalue weighted by atomic mass is 28.3. The van der Waals surface area contributed by atoms with Gasteiger partial charge in [0.2, 0.25) is 0 Å². The number of fused-ring (bicyclic) bond motifs is 2. The number of nitrogens with zero attached hydrogens (tertiary/aromatic N) is 4. The zero-order valence-electron chi connectivity index (χ0n) is 21.2. The van der Waals surface area contributed by atoms with E-state index in [0.29, 0.717) is 36.0 Å². The molecule has 0 aliphatic carbocycles. The fourth-order valence-corrected chi connectivity index (χ4v) is 4.79. The molecule has 3 heterocycles. The maximum atomic E-state index is 12.2. The molecular formula is C26H32N4O4Si. The summed E-state index contributed by atoms with van der Waals surface area (Å²) in [5.74, 6) is 0.820. The number of methoxy groups -OCH3 is 2. The van der Waals surface area contributed by atoms with E-state index >= 15 is 0 Å². The van der Waals surface area contributed by atoms with Gasteiger partial charge in [0, 0.05) is 27.1 Å². The normalized spacial score (nSPS) is 11.8. The van der Waals surface area contributed by atoms with Gasteiger partial charge in [0.15, 0.2) is 5.82 Å². The zero-order chi connectivity index (χ0) is 25.3. The predicted molar refractivity (Wildman–Crippen MR) is 142 cm³/mol. The number of ether oxygens (including phenoxy) is 3. The van der Waals surface area contributed by atoms with Crippen LogP contribution in [0.2, 0.25) is 25.7 Å². The van der Waals surface area contributed by atoms with Crippen LogP contribution in [-0.4, -0.2) is 54.0 Å². The predicted octanol–water partition coefficient (Wildman–Crippen LogP) is 5.34. The van der Waals surface area contributed by atoms with Crippen LogP contribution in [0.25, 0.3) is 39.7 Å². The summed E-state index contributed by atoms with van der Waals surface area (Å²) in [5, 5.41) is 0.980. The Morgan fingerprint density at radius 2 is 1.91 bits per heavy atom. The number of aryl methyl sites for hydroxylation is 1. The molecule has 4 rings (SSSR count). The maximum absolute atomic E-state index is 12.2. The van der Waals surface area contributed by atoms with Crippen molar-refractivity contribution < 1.29 is 19.0 Å². The molecule has 0 radical (unpaired) electrons. The van der Waals surface area contributed by atoms with Gasteiger partial charge in [-0.1, -0.05) is 26.2 Å². The summed E-state index contributed by atoms with van der Waals surface area (Å²) >= 11 is 0. The largest absolute Gasteiger partial charge is 0.494 e. The summed E-state index contributed by atoms with van der Waals surface area (Å²) in [6.45, 7) is 11.9. The molecule has 0 saturated heterocycles. The van der Waals surface area contributed by atoms with Crippen molar-refractivity contribution in [3.05, 3.63) is 48.2 Å². The number of pyridine rings is 1. The lowest BCUT2D eigenvalue weighted by molar-refractivity contribution is 0.0600. The van der Waals surface area contributed by atoms with Crippen molar-refractivity contribution in [2.45, 2.75) is 32.4 Å². The lowest BCUT2D eigenvalue weighted by Crippen LogP contribution is -2.22. The molecule has 0 unspecified atom stereocenters. The van der Waals surface area contributed by atoms with Crippen LogP contribution in [0.15, 0.2) is 36.9 Å². The molecule has 0 bridgehead atoms. The van der Waals surface area contributed by atoms with E-state index in [1.807, 2.05) is 28.3 Å². The molecule has 0 amide bonds. The number of rotatable bonds is 9. The zero-order valence-corrected chi connectivity index (χ0v) is 22.2. The molecule has 0 N–H and O–H groups in total. The lowest BCUT2D eigenvalue weighted by Gasteiger charge is -2.16. The fourth-order valence-electron chi connectivity index (χ4n) is 4.04. The lowest BCUT2D eigenvalue weighted by atomic mass is 10.2. The highest BCUT2D eigenvalue weighted by molar-refractivity contribution is 6.76. The molecule has 0 spiro atoms. The molecule has 4 aromatic rings. The first-order valence-electron chi connectivity index (χ1n) is 11.5. The standard InChI is InChI=1S/C26H32N4O4Si/c1-8-19-10-9-17-14-21(30(24(17)27-19)16-34-11-12-35(5,6)7)25-28-20-13-18(26(31)33-4)15-22(32-3)23(20)29(25)2/h8-10,13-15H,1,11-12,16H2,2-7H3. The Balaban J connectivity index is 1.86. The average Bonchev–Trinajstić information content (AvgIpc) is 3.36. The number of aromatic nitrogens is 4. The molecule has 3 aromatic heterocycles. The summed E-state index contributed by atoms with van der Waals surface area (Å²) in [6.07, 6.45) is 1.73. The van der Waals surface area contributed by atoms with Gasteiger partial charge in [0.25, 0.3) is 0 Å². The summed E-state index contributed by atoms with van der Waals surface area (Å²) in [4.78, 5) is 21.9. The van der Waals surface area contributed by atoms with E-state index in [4.69, 9.17) is 24.2 Å². The summed E-state index contributed by atoms with van der Waals surface area (Å²) in [7, 11) is 3.65. The van der Waals surface area contributed by atoms with Crippen LogP contribution in [-0.2, 0) is 23.3 Å². The van der Waals surface area contributed by atoms with Gasteiger partial charge < -0.3 is 18.8 Å². The third-order valence-electron chi connectivity index (χ3n) is 6.00. The minimum absolute atomic E-state index is 0.352. The van der Waals surface area contributed by atoms with Gasteiger partial charge in [-0.25, -0.2) is 14.8 Å². The molecule has 0 aliphatic rings. The van der Waals surface area contributed by atoms with Crippen LogP contribution in [0.4, 0.5) is 0 Å². The monoisotopic (exact) mass is 492 g/mol. The quantitative estimate of drug-likeness (QED) is 0.178. The second kappa shape index (κ2) is 9.67. The highest BCUT2D eigenvalue weighted by Crippen LogP contribution is 2.34. The van der Waals surface area contributed by atoms with Gasteiger partial charge >= 0.3 is 5.97 Å². The average molecular weight is 493 g/mol. The number of benzene rings is 1. The first-order valence-corrected chi connectivity index (χ1v) is 15.2. The highest BCUT2D eigenvalue weighted by Gasteiger charge is 2.22. The van der Waals surface area contributed by atoms with Gasteiger partial charge in [0.05, 0.1) is 36.7 Å².